The van der Waals surface area contributed by atoms with Gasteiger partial charge in [-0.3, -0.25) is 4.79 Å². The molecule has 2 N–H and O–H groups in total. The molecule has 0 atom stereocenters. The summed E-state index contributed by atoms with van der Waals surface area (Å²) in [7, 11) is 0. The van der Waals surface area contributed by atoms with E-state index in [4.69, 9.17) is 9.84 Å². The number of rotatable bonds is 6. The van der Waals surface area contributed by atoms with E-state index in [2.05, 4.69) is 5.32 Å². The van der Waals surface area contributed by atoms with Crippen LogP contribution in [-0.2, 0) is 6.61 Å². The predicted octanol–water partition coefficient (Wildman–Crippen LogP) is 3.22. The van der Waals surface area contributed by atoms with Crippen LogP contribution in [0, 0.1) is 5.92 Å². The third-order valence-electron chi connectivity index (χ3n) is 3.67. The summed E-state index contributed by atoms with van der Waals surface area (Å²) >= 11 is 0. The Hall–Kier alpha value is -2.33. The van der Waals surface area contributed by atoms with Crippen LogP contribution in [0.4, 0.5) is 5.69 Å². The van der Waals surface area contributed by atoms with Gasteiger partial charge in [-0.2, -0.15) is 0 Å². The Balaban J connectivity index is 1.73. The predicted molar refractivity (Wildman–Crippen MR) is 85.0 cm³/mol. The summed E-state index contributed by atoms with van der Waals surface area (Å²) in [4.78, 5) is 12.4. The second-order valence-electron chi connectivity index (χ2n) is 5.56. The molecule has 4 nitrogen and oxygen atoms in total. The summed E-state index contributed by atoms with van der Waals surface area (Å²) in [5.74, 6) is 1.05. The fourth-order valence-corrected chi connectivity index (χ4v) is 2.22. The van der Waals surface area contributed by atoms with Gasteiger partial charge in [-0.25, -0.2) is 0 Å². The molecule has 2 aromatic carbocycles. The number of carbonyl (C=O) groups is 1. The molecule has 1 saturated carbocycles. The van der Waals surface area contributed by atoms with E-state index in [1.807, 2.05) is 24.3 Å². The molecule has 0 unspecified atom stereocenters. The minimum atomic E-state index is -0.207. The van der Waals surface area contributed by atoms with Gasteiger partial charge < -0.3 is 15.2 Å². The van der Waals surface area contributed by atoms with Crippen LogP contribution in [-0.4, -0.2) is 17.6 Å². The van der Waals surface area contributed by atoms with Crippen molar-refractivity contribution in [2.75, 3.05) is 11.9 Å². The van der Waals surface area contributed by atoms with Crippen molar-refractivity contribution in [3.63, 3.8) is 0 Å². The number of hydrogen-bond donors (Lipinski definition) is 2. The zero-order chi connectivity index (χ0) is 15.4. The minimum absolute atomic E-state index is 0.0508. The van der Waals surface area contributed by atoms with E-state index >= 15 is 0 Å². The first-order valence-corrected chi connectivity index (χ1v) is 7.49. The zero-order valence-corrected chi connectivity index (χ0v) is 12.3. The Bertz CT molecular complexity index is 665. The Morgan fingerprint density at radius 1 is 1.18 bits per heavy atom. The lowest BCUT2D eigenvalue weighted by Crippen LogP contribution is -2.14. The zero-order valence-electron chi connectivity index (χ0n) is 12.3. The van der Waals surface area contributed by atoms with Gasteiger partial charge in [0.2, 0.25) is 0 Å². The quantitative estimate of drug-likeness (QED) is 0.860. The van der Waals surface area contributed by atoms with Crippen LogP contribution in [0.2, 0.25) is 0 Å². The highest BCUT2D eigenvalue weighted by molar-refractivity contribution is 6.06. The normalized spacial score (nSPS) is 13.7. The Morgan fingerprint density at radius 2 is 2.00 bits per heavy atom. The van der Waals surface area contributed by atoms with E-state index in [0.717, 1.165) is 5.56 Å². The number of aliphatic hydroxyl groups excluding tert-OH is 1. The number of ether oxygens (including phenoxy) is 1. The highest BCUT2D eigenvalue weighted by atomic mass is 16.5. The molecule has 0 aliphatic heterocycles. The van der Waals surface area contributed by atoms with Gasteiger partial charge in [0, 0.05) is 5.69 Å². The van der Waals surface area contributed by atoms with Crippen LogP contribution < -0.4 is 10.1 Å². The number of carbonyl (C=O) groups excluding carboxylic acids is 1. The molecule has 1 aliphatic carbocycles. The second kappa shape index (κ2) is 6.62. The van der Waals surface area contributed by atoms with Gasteiger partial charge in [-0.05, 0) is 48.6 Å². The molecule has 1 fully saturated rings. The van der Waals surface area contributed by atoms with Crippen molar-refractivity contribution in [1.29, 1.82) is 0 Å². The van der Waals surface area contributed by atoms with E-state index in [9.17, 15) is 4.79 Å². The highest BCUT2D eigenvalue weighted by Crippen LogP contribution is 2.30. The fourth-order valence-electron chi connectivity index (χ4n) is 2.22. The van der Waals surface area contributed by atoms with Gasteiger partial charge in [0.15, 0.2) is 0 Å². The SMILES string of the molecule is O=C(Nc1cccc(CO)c1)c1ccccc1OCC1CC1. The maximum absolute atomic E-state index is 12.4. The van der Waals surface area contributed by atoms with Gasteiger partial charge in [0.25, 0.3) is 5.91 Å². The molecule has 0 radical (unpaired) electrons. The largest absolute Gasteiger partial charge is 0.492 e. The first kappa shape index (κ1) is 14.6. The molecule has 2 aromatic rings. The summed E-state index contributed by atoms with van der Waals surface area (Å²) in [5.41, 5.74) is 1.95. The van der Waals surface area contributed by atoms with E-state index < -0.39 is 0 Å². The summed E-state index contributed by atoms with van der Waals surface area (Å²) < 4.78 is 5.76. The smallest absolute Gasteiger partial charge is 0.259 e. The van der Waals surface area contributed by atoms with Crippen LogP contribution in [0.1, 0.15) is 28.8 Å². The molecule has 3 rings (SSSR count). The minimum Gasteiger partial charge on any atom is -0.492 e. The van der Waals surface area contributed by atoms with E-state index in [-0.39, 0.29) is 12.5 Å². The highest BCUT2D eigenvalue weighted by Gasteiger charge is 2.23. The third-order valence-corrected chi connectivity index (χ3v) is 3.67. The Kier molecular flexibility index (Phi) is 4.39. The lowest BCUT2D eigenvalue weighted by molar-refractivity contribution is 0.102. The van der Waals surface area contributed by atoms with Crippen molar-refractivity contribution < 1.29 is 14.6 Å². The van der Waals surface area contributed by atoms with Crippen LogP contribution in [0.15, 0.2) is 48.5 Å². The molecule has 4 heteroatoms. The van der Waals surface area contributed by atoms with Crippen LogP contribution in [0.5, 0.6) is 5.75 Å². The summed E-state index contributed by atoms with van der Waals surface area (Å²) in [6.07, 6.45) is 2.42. The summed E-state index contributed by atoms with van der Waals surface area (Å²) in [6.45, 7) is 0.620. The number of aliphatic hydroxyl groups is 1. The number of hydrogen-bond acceptors (Lipinski definition) is 3. The average Bonchev–Trinajstić information content (AvgIpc) is 3.37. The van der Waals surface area contributed by atoms with Crippen LogP contribution in [0.3, 0.4) is 0 Å². The van der Waals surface area contributed by atoms with Crippen LogP contribution in [0.25, 0.3) is 0 Å². The molecule has 0 spiro atoms. The van der Waals surface area contributed by atoms with Gasteiger partial charge in [0.05, 0.1) is 18.8 Å². The van der Waals surface area contributed by atoms with Crippen LogP contribution >= 0.6 is 0 Å². The molecular formula is C18H19NO3. The van der Waals surface area contributed by atoms with Gasteiger partial charge >= 0.3 is 0 Å². The van der Waals surface area contributed by atoms with E-state index in [1.54, 1.807) is 24.3 Å². The number of nitrogens with one attached hydrogen (secondary N) is 1. The standard InChI is InChI=1S/C18H19NO3/c20-11-14-4-3-5-15(10-14)19-18(21)16-6-1-2-7-17(16)22-12-13-8-9-13/h1-7,10,13,20H,8-9,11-12H2,(H,19,21). The maximum atomic E-state index is 12.4. The first-order chi connectivity index (χ1) is 10.8. The second-order valence-corrected chi connectivity index (χ2v) is 5.56. The summed E-state index contributed by atoms with van der Waals surface area (Å²) in [5, 5.41) is 12.0. The molecule has 0 bridgehead atoms. The Morgan fingerprint density at radius 3 is 2.77 bits per heavy atom. The van der Waals surface area contributed by atoms with Crippen molar-refractivity contribution in [3.8, 4) is 5.75 Å². The molecule has 114 valence electrons. The van der Waals surface area contributed by atoms with Gasteiger partial charge in [-0.15, -0.1) is 0 Å². The molecule has 1 amide bonds. The lowest BCUT2D eigenvalue weighted by atomic mass is 10.1. The summed E-state index contributed by atoms with van der Waals surface area (Å²) in [6, 6.07) is 14.4. The van der Waals surface area contributed by atoms with Crippen molar-refractivity contribution in [1.82, 2.24) is 0 Å². The monoisotopic (exact) mass is 297 g/mol. The molecule has 0 aromatic heterocycles. The lowest BCUT2D eigenvalue weighted by Gasteiger charge is -2.12. The first-order valence-electron chi connectivity index (χ1n) is 7.49. The molecule has 22 heavy (non-hydrogen) atoms. The molecular weight excluding hydrogens is 278 g/mol. The molecule has 1 aliphatic rings. The average molecular weight is 297 g/mol. The number of amides is 1. The van der Waals surface area contributed by atoms with Crippen molar-refractivity contribution in [2.24, 2.45) is 5.92 Å². The van der Waals surface area contributed by atoms with E-state index in [0.29, 0.717) is 29.5 Å². The Labute approximate surface area is 129 Å². The van der Waals surface area contributed by atoms with Crippen molar-refractivity contribution in [2.45, 2.75) is 19.4 Å². The molecule has 0 heterocycles. The topological polar surface area (TPSA) is 58.6 Å². The third kappa shape index (κ3) is 3.65. The van der Waals surface area contributed by atoms with Gasteiger partial charge in [0.1, 0.15) is 5.75 Å². The van der Waals surface area contributed by atoms with Gasteiger partial charge in [-0.1, -0.05) is 24.3 Å². The maximum Gasteiger partial charge on any atom is 0.259 e. The number of benzene rings is 2. The molecule has 0 saturated heterocycles. The number of para-hydroxylation sites is 1. The fraction of sp³-hybridized carbons (Fsp3) is 0.278. The number of anilines is 1. The van der Waals surface area contributed by atoms with Crippen molar-refractivity contribution in [3.05, 3.63) is 59.7 Å². The van der Waals surface area contributed by atoms with Crippen molar-refractivity contribution >= 4 is 11.6 Å². The van der Waals surface area contributed by atoms with E-state index in [1.165, 1.54) is 12.8 Å².